The first-order chi connectivity index (χ1) is 10.2. The molecule has 2 N–H and O–H groups in total. The predicted octanol–water partition coefficient (Wildman–Crippen LogP) is 4.04. The van der Waals surface area contributed by atoms with Crippen LogP contribution in [-0.4, -0.2) is 36.5 Å². The highest BCUT2D eigenvalue weighted by Crippen LogP contribution is 2.27. The molecule has 0 aliphatic heterocycles. The normalized spacial score (nSPS) is 19.6. The van der Waals surface area contributed by atoms with Crippen molar-refractivity contribution >= 4 is 0 Å². The molecule has 0 amide bonds. The zero-order valence-corrected chi connectivity index (χ0v) is 14.3. The van der Waals surface area contributed by atoms with E-state index in [4.69, 9.17) is 4.74 Å². The molecule has 0 aromatic carbocycles. The lowest BCUT2D eigenvalue weighted by Gasteiger charge is -2.35. The van der Waals surface area contributed by atoms with Crippen molar-refractivity contribution in [3.63, 3.8) is 0 Å². The third-order valence-electron chi connectivity index (χ3n) is 4.67. The van der Waals surface area contributed by atoms with Crippen molar-refractivity contribution in [1.82, 2.24) is 5.32 Å². The van der Waals surface area contributed by atoms with E-state index in [1.54, 1.807) is 0 Å². The fourth-order valence-corrected chi connectivity index (χ4v) is 3.14. The van der Waals surface area contributed by atoms with Gasteiger partial charge in [0.2, 0.25) is 0 Å². The lowest BCUT2D eigenvalue weighted by molar-refractivity contribution is 0.0300. The van der Waals surface area contributed by atoms with E-state index in [-0.39, 0.29) is 11.6 Å². The topological polar surface area (TPSA) is 41.5 Å². The van der Waals surface area contributed by atoms with Gasteiger partial charge in [0.1, 0.15) is 0 Å². The average Bonchev–Trinajstić information content (AvgIpc) is 2.49. The Bertz CT molecular complexity index is 239. The summed E-state index contributed by atoms with van der Waals surface area (Å²) >= 11 is 0. The van der Waals surface area contributed by atoms with Crippen molar-refractivity contribution in [2.45, 2.75) is 96.1 Å². The first-order valence-electron chi connectivity index (χ1n) is 9.17. The minimum absolute atomic E-state index is 0.235. The molecule has 1 rings (SSSR count). The van der Waals surface area contributed by atoms with Crippen LogP contribution in [-0.2, 0) is 4.74 Å². The van der Waals surface area contributed by atoms with Gasteiger partial charge in [-0.05, 0) is 26.2 Å². The zero-order chi connectivity index (χ0) is 15.4. The third-order valence-corrected chi connectivity index (χ3v) is 4.67. The predicted molar refractivity (Wildman–Crippen MR) is 89.7 cm³/mol. The summed E-state index contributed by atoms with van der Waals surface area (Å²) in [6.45, 7) is 6.45. The maximum Gasteiger partial charge on any atom is 0.0897 e. The summed E-state index contributed by atoms with van der Waals surface area (Å²) in [5.74, 6) is 0. The van der Waals surface area contributed by atoms with Gasteiger partial charge in [-0.3, -0.25) is 0 Å². The molecule has 1 aliphatic rings. The number of ether oxygens (including phenoxy) is 1. The quantitative estimate of drug-likeness (QED) is 0.534. The molecule has 0 aromatic rings. The number of aliphatic hydroxyl groups excluding tert-OH is 1. The first kappa shape index (κ1) is 18.9. The van der Waals surface area contributed by atoms with Crippen LogP contribution in [0.1, 0.15) is 84.5 Å². The molecule has 0 spiro atoms. The summed E-state index contributed by atoms with van der Waals surface area (Å²) in [7, 11) is 0. The zero-order valence-electron chi connectivity index (χ0n) is 14.3. The van der Waals surface area contributed by atoms with Gasteiger partial charge in [0.05, 0.1) is 12.7 Å². The van der Waals surface area contributed by atoms with Crippen molar-refractivity contribution in [1.29, 1.82) is 0 Å². The van der Waals surface area contributed by atoms with Crippen LogP contribution >= 0.6 is 0 Å². The second-order valence-electron chi connectivity index (χ2n) is 7.00. The lowest BCUT2D eigenvalue weighted by atomic mass is 9.83. The number of β-amino-alcohol motifs (C(OH)–C–C–N with tert-alkyl or cyclic N) is 1. The monoisotopic (exact) mass is 299 g/mol. The van der Waals surface area contributed by atoms with E-state index >= 15 is 0 Å². The van der Waals surface area contributed by atoms with Crippen LogP contribution in [0.5, 0.6) is 0 Å². The Labute approximate surface area is 131 Å². The van der Waals surface area contributed by atoms with Gasteiger partial charge >= 0.3 is 0 Å². The van der Waals surface area contributed by atoms with E-state index < -0.39 is 0 Å². The standard InChI is InChI=1S/C18H37NO2/c1-3-4-5-6-7-11-14-21-16-17(20)15-19-18(2)12-9-8-10-13-18/h17,19-20H,3-16H2,1-2H3. The third kappa shape index (κ3) is 9.49. The number of hydrogen-bond acceptors (Lipinski definition) is 3. The summed E-state index contributed by atoms with van der Waals surface area (Å²) in [5, 5.41) is 13.5. The van der Waals surface area contributed by atoms with Crippen LogP contribution < -0.4 is 5.32 Å². The van der Waals surface area contributed by atoms with E-state index in [1.807, 2.05) is 0 Å². The molecular formula is C18H37NO2. The molecule has 1 atom stereocenters. The van der Waals surface area contributed by atoms with Gasteiger partial charge in [-0.25, -0.2) is 0 Å². The highest BCUT2D eigenvalue weighted by Gasteiger charge is 2.26. The van der Waals surface area contributed by atoms with Gasteiger partial charge in [-0.15, -0.1) is 0 Å². The van der Waals surface area contributed by atoms with Gasteiger partial charge in [-0.1, -0.05) is 58.3 Å². The molecule has 3 nitrogen and oxygen atoms in total. The molecule has 3 heteroatoms. The highest BCUT2D eigenvalue weighted by atomic mass is 16.5. The highest BCUT2D eigenvalue weighted by molar-refractivity contribution is 4.86. The molecule has 1 aliphatic carbocycles. The molecule has 0 radical (unpaired) electrons. The van der Waals surface area contributed by atoms with Crippen molar-refractivity contribution in [3.8, 4) is 0 Å². The van der Waals surface area contributed by atoms with Crippen LogP contribution in [0.25, 0.3) is 0 Å². The van der Waals surface area contributed by atoms with E-state index in [1.165, 1.54) is 64.2 Å². The van der Waals surface area contributed by atoms with E-state index in [0.29, 0.717) is 13.2 Å². The van der Waals surface area contributed by atoms with Gasteiger partial charge in [0, 0.05) is 18.7 Å². The Morgan fingerprint density at radius 3 is 2.43 bits per heavy atom. The molecule has 1 saturated carbocycles. The molecule has 0 bridgehead atoms. The summed E-state index contributed by atoms with van der Waals surface area (Å²) in [6.07, 6.45) is 13.8. The molecule has 0 heterocycles. The van der Waals surface area contributed by atoms with Crippen molar-refractivity contribution in [3.05, 3.63) is 0 Å². The number of aliphatic hydroxyl groups is 1. The van der Waals surface area contributed by atoms with E-state index in [2.05, 4.69) is 19.2 Å². The fourth-order valence-electron chi connectivity index (χ4n) is 3.14. The number of unbranched alkanes of at least 4 members (excludes halogenated alkanes) is 5. The maximum absolute atomic E-state index is 9.98. The molecule has 0 saturated heterocycles. The number of nitrogens with one attached hydrogen (secondary N) is 1. The fraction of sp³-hybridized carbons (Fsp3) is 1.00. The lowest BCUT2D eigenvalue weighted by Crippen LogP contribution is -2.47. The van der Waals surface area contributed by atoms with Crippen LogP contribution in [0, 0.1) is 0 Å². The van der Waals surface area contributed by atoms with Gasteiger partial charge in [0.15, 0.2) is 0 Å². The van der Waals surface area contributed by atoms with Crippen molar-refractivity contribution < 1.29 is 9.84 Å². The van der Waals surface area contributed by atoms with Crippen LogP contribution in [0.15, 0.2) is 0 Å². The van der Waals surface area contributed by atoms with Gasteiger partial charge < -0.3 is 15.2 Å². The Kier molecular flexibility index (Phi) is 10.3. The largest absolute Gasteiger partial charge is 0.389 e. The summed E-state index contributed by atoms with van der Waals surface area (Å²) < 4.78 is 5.58. The molecule has 21 heavy (non-hydrogen) atoms. The Balaban J connectivity index is 1.92. The smallest absolute Gasteiger partial charge is 0.0897 e. The second-order valence-corrected chi connectivity index (χ2v) is 7.00. The second kappa shape index (κ2) is 11.4. The Morgan fingerprint density at radius 2 is 1.71 bits per heavy atom. The molecule has 1 fully saturated rings. The van der Waals surface area contributed by atoms with E-state index in [0.717, 1.165) is 13.0 Å². The Hall–Kier alpha value is -0.120. The number of rotatable bonds is 12. The minimum Gasteiger partial charge on any atom is -0.389 e. The molecule has 1 unspecified atom stereocenters. The SMILES string of the molecule is CCCCCCCCOCC(O)CNC1(C)CCCCC1. The van der Waals surface area contributed by atoms with Crippen LogP contribution in [0.3, 0.4) is 0 Å². The molecule has 126 valence electrons. The van der Waals surface area contributed by atoms with Crippen LogP contribution in [0.2, 0.25) is 0 Å². The van der Waals surface area contributed by atoms with Gasteiger partial charge in [0.25, 0.3) is 0 Å². The van der Waals surface area contributed by atoms with Crippen LogP contribution in [0.4, 0.5) is 0 Å². The summed E-state index contributed by atoms with van der Waals surface area (Å²) in [5.41, 5.74) is 0.235. The molecule has 0 aromatic heterocycles. The van der Waals surface area contributed by atoms with E-state index in [9.17, 15) is 5.11 Å². The average molecular weight is 299 g/mol. The van der Waals surface area contributed by atoms with Crippen molar-refractivity contribution in [2.24, 2.45) is 0 Å². The first-order valence-corrected chi connectivity index (χ1v) is 9.17. The van der Waals surface area contributed by atoms with Gasteiger partial charge in [-0.2, -0.15) is 0 Å². The number of hydrogen-bond donors (Lipinski definition) is 2. The molecular weight excluding hydrogens is 262 g/mol. The maximum atomic E-state index is 9.98. The summed E-state index contributed by atoms with van der Waals surface area (Å²) in [6, 6.07) is 0. The Morgan fingerprint density at radius 1 is 1.05 bits per heavy atom. The van der Waals surface area contributed by atoms with Crippen molar-refractivity contribution in [2.75, 3.05) is 19.8 Å². The minimum atomic E-state index is -0.371. The summed E-state index contributed by atoms with van der Waals surface area (Å²) in [4.78, 5) is 0.